The molecule has 0 saturated heterocycles. The van der Waals surface area contributed by atoms with E-state index in [1.165, 1.54) is 0 Å². The molecule has 1 rings (SSSR count). The average molecular weight is 237 g/mol. The van der Waals surface area contributed by atoms with E-state index in [9.17, 15) is 22.4 Å². The van der Waals surface area contributed by atoms with Gasteiger partial charge in [-0.2, -0.15) is 13.2 Å². The van der Waals surface area contributed by atoms with Crippen LogP contribution in [0.2, 0.25) is 0 Å². The fourth-order valence-corrected chi connectivity index (χ4v) is 1.10. The maximum absolute atomic E-state index is 13.1. The van der Waals surface area contributed by atoms with Gasteiger partial charge in [-0.1, -0.05) is 0 Å². The van der Waals surface area contributed by atoms with Crippen LogP contribution in [0.15, 0.2) is 12.1 Å². The van der Waals surface area contributed by atoms with E-state index in [4.69, 9.17) is 5.73 Å². The van der Waals surface area contributed by atoms with E-state index >= 15 is 0 Å². The molecule has 0 fully saturated rings. The molecule has 0 bridgehead atoms. The highest BCUT2D eigenvalue weighted by Crippen LogP contribution is 2.34. The van der Waals surface area contributed by atoms with Gasteiger partial charge < -0.3 is 10.5 Å². The Morgan fingerprint density at radius 1 is 1.38 bits per heavy atom. The number of halogens is 4. The molecule has 1 aromatic rings. The van der Waals surface area contributed by atoms with Crippen LogP contribution in [0.4, 0.5) is 23.2 Å². The third-order valence-corrected chi connectivity index (χ3v) is 1.85. The zero-order valence-corrected chi connectivity index (χ0v) is 8.06. The zero-order chi connectivity index (χ0) is 12.5. The summed E-state index contributed by atoms with van der Waals surface area (Å²) in [6.45, 7) is 0. The minimum atomic E-state index is -4.76. The lowest BCUT2D eigenvalue weighted by atomic mass is 10.1. The lowest BCUT2D eigenvalue weighted by molar-refractivity contribution is -0.137. The number of anilines is 1. The number of methoxy groups -OCH3 is 1. The largest absolute Gasteiger partial charge is 0.465 e. The molecule has 0 aliphatic carbocycles. The Hall–Kier alpha value is -1.79. The van der Waals surface area contributed by atoms with Crippen molar-refractivity contribution in [3.05, 3.63) is 29.1 Å². The molecule has 0 heterocycles. The van der Waals surface area contributed by atoms with Gasteiger partial charge >= 0.3 is 12.1 Å². The van der Waals surface area contributed by atoms with Crippen LogP contribution in [0, 0.1) is 5.82 Å². The zero-order valence-electron chi connectivity index (χ0n) is 8.06. The van der Waals surface area contributed by atoms with Gasteiger partial charge in [-0.3, -0.25) is 0 Å². The van der Waals surface area contributed by atoms with E-state index in [-0.39, 0.29) is 6.07 Å². The standard InChI is InChI=1S/C9H7F4NO2/c1-16-8(15)4-2-7(14)5(3-6(4)10)9(11,12)13/h2-3H,14H2,1H3. The predicted octanol–water partition coefficient (Wildman–Crippen LogP) is 2.21. The quantitative estimate of drug-likeness (QED) is 0.463. The van der Waals surface area contributed by atoms with E-state index in [2.05, 4.69) is 4.74 Å². The molecule has 0 atom stereocenters. The molecule has 1 aromatic carbocycles. The van der Waals surface area contributed by atoms with Crippen molar-refractivity contribution < 1.29 is 27.1 Å². The number of benzene rings is 1. The highest BCUT2D eigenvalue weighted by molar-refractivity contribution is 5.91. The van der Waals surface area contributed by atoms with E-state index < -0.39 is 34.8 Å². The predicted molar refractivity (Wildman–Crippen MR) is 47.2 cm³/mol. The molecule has 7 heteroatoms. The van der Waals surface area contributed by atoms with Crippen molar-refractivity contribution in [2.24, 2.45) is 0 Å². The summed E-state index contributed by atoms with van der Waals surface area (Å²) in [6, 6.07) is 0.769. The Morgan fingerprint density at radius 2 is 1.94 bits per heavy atom. The Kier molecular flexibility index (Phi) is 3.06. The SMILES string of the molecule is COC(=O)c1cc(N)c(C(F)(F)F)cc1F. The molecule has 0 unspecified atom stereocenters. The van der Waals surface area contributed by atoms with Crippen LogP contribution < -0.4 is 5.73 Å². The molecule has 3 nitrogen and oxygen atoms in total. The van der Waals surface area contributed by atoms with Crippen LogP contribution in [-0.2, 0) is 10.9 Å². The molecule has 88 valence electrons. The van der Waals surface area contributed by atoms with Gasteiger partial charge in [0, 0.05) is 5.69 Å². The summed E-state index contributed by atoms with van der Waals surface area (Å²) in [5, 5.41) is 0. The molecule has 0 radical (unpaired) electrons. The third kappa shape index (κ3) is 2.23. The van der Waals surface area contributed by atoms with Gasteiger partial charge in [0.25, 0.3) is 0 Å². The number of rotatable bonds is 1. The Bertz CT molecular complexity index is 428. The van der Waals surface area contributed by atoms with Gasteiger partial charge in [0.2, 0.25) is 0 Å². The van der Waals surface area contributed by atoms with E-state index in [1.54, 1.807) is 0 Å². The molecule has 16 heavy (non-hydrogen) atoms. The second-order valence-electron chi connectivity index (χ2n) is 2.91. The van der Waals surface area contributed by atoms with Crippen molar-refractivity contribution in [2.75, 3.05) is 12.8 Å². The average Bonchev–Trinajstić information content (AvgIpc) is 2.18. The van der Waals surface area contributed by atoms with Crippen molar-refractivity contribution >= 4 is 11.7 Å². The number of ether oxygens (including phenoxy) is 1. The van der Waals surface area contributed by atoms with E-state index in [0.29, 0.717) is 6.07 Å². The monoisotopic (exact) mass is 237 g/mol. The summed E-state index contributed by atoms with van der Waals surface area (Å²) in [5.41, 5.74) is 2.39. The first kappa shape index (κ1) is 12.3. The van der Waals surface area contributed by atoms with Crippen LogP contribution in [0.25, 0.3) is 0 Å². The minimum Gasteiger partial charge on any atom is -0.465 e. The molecule has 0 aromatic heterocycles. The van der Waals surface area contributed by atoms with Gasteiger partial charge in [0.15, 0.2) is 0 Å². The first-order chi connectivity index (χ1) is 7.27. The van der Waals surface area contributed by atoms with Gasteiger partial charge in [-0.25, -0.2) is 9.18 Å². The van der Waals surface area contributed by atoms with Crippen molar-refractivity contribution in [1.29, 1.82) is 0 Å². The first-order valence-electron chi connectivity index (χ1n) is 4.02. The fraction of sp³-hybridized carbons (Fsp3) is 0.222. The summed E-state index contributed by atoms with van der Waals surface area (Å²) >= 11 is 0. The van der Waals surface area contributed by atoms with Gasteiger partial charge in [-0.15, -0.1) is 0 Å². The van der Waals surface area contributed by atoms with Crippen molar-refractivity contribution in [1.82, 2.24) is 0 Å². The van der Waals surface area contributed by atoms with Crippen LogP contribution >= 0.6 is 0 Å². The van der Waals surface area contributed by atoms with Gasteiger partial charge in [0.1, 0.15) is 5.82 Å². The molecule has 0 aliphatic rings. The van der Waals surface area contributed by atoms with Crippen LogP contribution in [-0.4, -0.2) is 13.1 Å². The number of hydrogen-bond donors (Lipinski definition) is 1. The van der Waals surface area contributed by atoms with Gasteiger partial charge in [0.05, 0.1) is 18.2 Å². The lowest BCUT2D eigenvalue weighted by Gasteiger charge is -2.11. The maximum Gasteiger partial charge on any atom is 0.418 e. The molecule has 0 spiro atoms. The molecule has 2 N–H and O–H groups in total. The molecular formula is C9H7F4NO2. The highest BCUT2D eigenvalue weighted by atomic mass is 19.4. The van der Waals surface area contributed by atoms with Crippen molar-refractivity contribution in [2.45, 2.75) is 6.18 Å². The number of hydrogen-bond acceptors (Lipinski definition) is 3. The summed E-state index contributed by atoms with van der Waals surface area (Å²) < 4.78 is 54.2. The Balaban J connectivity index is 3.33. The summed E-state index contributed by atoms with van der Waals surface area (Å²) in [4.78, 5) is 10.9. The topological polar surface area (TPSA) is 52.3 Å². The number of carbonyl (C=O) groups is 1. The van der Waals surface area contributed by atoms with Crippen molar-refractivity contribution in [3.63, 3.8) is 0 Å². The maximum atomic E-state index is 13.1. The van der Waals surface area contributed by atoms with Crippen molar-refractivity contribution in [3.8, 4) is 0 Å². The normalized spacial score (nSPS) is 11.3. The molecule has 0 saturated carbocycles. The first-order valence-corrected chi connectivity index (χ1v) is 4.02. The number of nitrogens with two attached hydrogens (primary N) is 1. The van der Waals surface area contributed by atoms with Gasteiger partial charge in [-0.05, 0) is 12.1 Å². The number of carbonyl (C=O) groups excluding carboxylic acids is 1. The molecule has 0 amide bonds. The highest BCUT2D eigenvalue weighted by Gasteiger charge is 2.34. The fourth-order valence-electron chi connectivity index (χ4n) is 1.10. The molecular weight excluding hydrogens is 230 g/mol. The van der Waals surface area contributed by atoms with Crippen LogP contribution in [0.3, 0.4) is 0 Å². The second-order valence-corrected chi connectivity index (χ2v) is 2.91. The molecule has 0 aliphatic heterocycles. The minimum absolute atomic E-state index is 0.168. The summed E-state index contributed by atoms with van der Waals surface area (Å²) in [7, 11) is 0.982. The third-order valence-electron chi connectivity index (χ3n) is 1.85. The second kappa shape index (κ2) is 3.99. The summed E-state index contributed by atoms with van der Waals surface area (Å²) in [6.07, 6.45) is -4.76. The number of nitrogen functional groups attached to an aromatic ring is 1. The number of esters is 1. The van der Waals surface area contributed by atoms with E-state index in [1.807, 2.05) is 0 Å². The smallest absolute Gasteiger partial charge is 0.418 e. The summed E-state index contributed by atoms with van der Waals surface area (Å²) in [5.74, 6) is -2.41. The van der Waals surface area contributed by atoms with E-state index in [0.717, 1.165) is 7.11 Å². The lowest BCUT2D eigenvalue weighted by Crippen LogP contribution is -2.13. The Morgan fingerprint density at radius 3 is 2.38 bits per heavy atom. The number of alkyl halides is 3. The van der Waals surface area contributed by atoms with Crippen LogP contribution in [0.5, 0.6) is 0 Å². The van der Waals surface area contributed by atoms with Crippen LogP contribution in [0.1, 0.15) is 15.9 Å². The Labute approximate surface area is 87.8 Å².